The molecule has 0 radical (unpaired) electrons. The summed E-state index contributed by atoms with van der Waals surface area (Å²) in [5.41, 5.74) is 1.14. The van der Waals surface area contributed by atoms with Crippen LogP contribution in [0.3, 0.4) is 0 Å². The molecular weight excluding hydrogens is 342 g/mol. The van der Waals surface area contributed by atoms with Crippen LogP contribution in [-0.4, -0.2) is 54.6 Å². The zero-order chi connectivity index (χ0) is 19.2. The molecule has 0 fully saturated rings. The van der Waals surface area contributed by atoms with Gasteiger partial charge in [0, 0.05) is 30.2 Å². The Hall–Kier alpha value is -1.14. The lowest BCUT2D eigenvalue weighted by Crippen LogP contribution is -2.42. The van der Waals surface area contributed by atoms with Gasteiger partial charge >= 0.3 is 0 Å². The van der Waals surface area contributed by atoms with Crippen molar-refractivity contribution in [2.24, 2.45) is 4.99 Å². The predicted molar refractivity (Wildman–Crippen MR) is 115 cm³/mol. The molecule has 1 atom stereocenters. The molecule has 0 aliphatic carbocycles. The van der Waals surface area contributed by atoms with Gasteiger partial charge in [-0.05, 0) is 72.5 Å². The van der Waals surface area contributed by atoms with Crippen LogP contribution in [0.25, 0.3) is 0 Å². The van der Waals surface area contributed by atoms with E-state index < -0.39 is 0 Å². The Kier molecular flexibility index (Phi) is 12.3. The highest BCUT2D eigenvalue weighted by Crippen LogP contribution is 2.11. The molecule has 0 bridgehead atoms. The fourth-order valence-electron chi connectivity index (χ4n) is 2.88. The smallest absolute Gasteiger partial charge is 0.191 e. The second-order valence-electron chi connectivity index (χ2n) is 6.81. The Morgan fingerprint density at radius 1 is 1.23 bits per heavy atom. The second-order valence-corrected chi connectivity index (χ2v) is 7.76. The largest absolute Gasteiger partial charge is 0.357 e. The van der Waals surface area contributed by atoms with Crippen LogP contribution in [0.5, 0.6) is 0 Å². The van der Waals surface area contributed by atoms with E-state index in [4.69, 9.17) is 4.99 Å². The van der Waals surface area contributed by atoms with E-state index in [2.05, 4.69) is 60.5 Å². The van der Waals surface area contributed by atoms with Gasteiger partial charge in [0.05, 0.1) is 5.01 Å². The number of aryl methyl sites for hydroxylation is 2. The van der Waals surface area contributed by atoms with E-state index in [-0.39, 0.29) is 0 Å². The third kappa shape index (κ3) is 10.1. The summed E-state index contributed by atoms with van der Waals surface area (Å²) in [5, 5.41) is 10.3. The van der Waals surface area contributed by atoms with Crippen LogP contribution in [-0.2, 0) is 6.42 Å². The molecule has 5 nitrogen and oxygen atoms in total. The Bertz CT molecular complexity index is 496. The lowest BCUT2D eigenvalue weighted by molar-refractivity contribution is 0.292. The fourth-order valence-corrected chi connectivity index (χ4v) is 3.70. The van der Waals surface area contributed by atoms with Gasteiger partial charge in [-0.2, -0.15) is 0 Å². The molecule has 6 heteroatoms. The van der Waals surface area contributed by atoms with Crippen LogP contribution >= 0.6 is 11.3 Å². The number of hydrogen-bond donors (Lipinski definition) is 2. The van der Waals surface area contributed by atoms with Crippen LogP contribution in [0.2, 0.25) is 0 Å². The number of aliphatic imine (C=N–C) groups is 1. The highest BCUT2D eigenvalue weighted by atomic mass is 32.1. The van der Waals surface area contributed by atoms with Crippen molar-refractivity contribution in [1.82, 2.24) is 20.5 Å². The molecule has 0 amide bonds. The average molecular weight is 382 g/mol. The molecule has 26 heavy (non-hydrogen) atoms. The highest BCUT2D eigenvalue weighted by Gasteiger charge is 2.06. The first-order valence-electron chi connectivity index (χ1n) is 10.3. The van der Waals surface area contributed by atoms with Crippen LogP contribution in [0.1, 0.15) is 64.1 Å². The highest BCUT2D eigenvalue weighted by molar-refractivity contribution is 7.09. The van der Waals surface area contributed by atoms with Crippen molar-refractivity contribution in [2.45, 2.75) is 72.8 Å². The lowest BCUT2D eigenvalue weighted by Gasteiger charge is -2.21. The molecule has 0 saturated carbocycles. The van der Waals surface area contributed by atoms with Crippen molar-refractivity contribution in [1.29, 1.82) is 0 Å². The van der Waals surface area contributed by atoms with E-state index in [9.17, 15) is 0 Å². The van der Waals surface area contributed by atoms with Crippen LogP contribution in [0.4, 0.5) is 0 Å². The number of unbranched alkanes of at least 4 members (excludes halogenated alkanes) is 1. The number of guanidine groups is 1. The molecule has 0 aliphatic rings. The van der Waals surface area contributed by atoms with E-state index in [0.717, 1.165) is 57.1 Å². The Morgan fingerprint density at radius 2 is 2.00 bits per heavy atom. The van der Waals surface area contributed by atoms with Crippen molar-refractivity contribution in [3.63, 3.8) is 0 Å². The van der Waals surface area contributed by atoms with Gasteiger partial charge in [-0.1, -0.05) is 13.8 Å². The summed E-state index contributed by atoms with van der Waals surface area (Å²) in [6.07, 6.45) is 5.72. The molecule has 2 N–H and O–H groups in total. The SMILES string of the molecule is CCNC(=NCCCCc1nc(C)cs1)NC(C)CCCN(CC)CC. The van der Waals surface area contributed by atoms with Crippen LogP contribution in [0.15, 0.2) is 10.4 Å². The zero-order valence-electron chi connectivity index (χ0n) is 17.5. The monoisotopic (exact) mass is 381 g/mol. The molecule has 1 rings (SSSR count). The molecule has 0 saturated heterocycles. The lowest BCUT2D eigenvalue weighted by atomic mass is 10.2. The summed E-state index contributed by atoms with van der Waals surface area (Å²) in [6.45, 7) is 16.1. The maximum atomic E-state index is 4.73. The summed E-state index contributed by atoms with van der Waals surface area (Å²) < 4.78 is 0. The fraction of sp³-hybridized carbons (Fsp3) is 0.800. The Balaban J connectivity index is 2.26. The maximum absolute atomic E-state index is 4.73. The van der Waals surface area contributed by atoms with E-state index in [0.29, 0.717) is 6.04 Å². The zero-order valence-corrected chi connectivity index (χ0v) is 18.3. The normalized spacial score (nSPS) is 13.2. The van der Waals surface area contributed by atoms with Gasteiger partial charge in [-0.25, -0.2) is 4.98 Å². The van der Waals surface area contributed by atoms with Gasteiger partial charge in [0.2, 0.25) is 0 Å². The molecule has 1 aromatic rings. The summed E-state index contributed by atoms with van der Waals surface area (Å²) in [4.78, 5) is 11.7. The Morgan fingerprint density at radius 3 is 2.62 bits per heavy atom. The van der Waals surface area contributed by atoms with E-state index in [1.54, 1.807) is 11.3 Å². The maximum Gasteiger partial charge on any atom is 0.191 e. The number of nitrogens with one attached hydrogen (secondary N) is 2. The molecule has 0 aliphatic heterocycles. The molecular formula is C20H39N5S. The van der Waals surface area contributed by atoms with Gasteiger partial charge in [0.1, 0.15) is 0 Å². The van der Waals surface area contributed by atoms with E-state index >= 15 is 0 Å². The molecule has 1 unspecified atom stereocenters. The van der Waals surface area contributed by atoms with Crippen molar-refractivity contribution < 1.29 is 0 Å². The molecule has 1 aromatic heterocycles. The minimum Gasteiger partial charge on any atom is -0.357 e. The summed E-state index contributed by atoms with van der Waals surface area (Å²) in [5.74, 6) is 0.952. The van der Waals surface area contributed by atoms with E-state index in [1.165, 1.54) is 24.4 Å². The van der Waals surface area contributed by atoms with Crippen molar-refractivity contribution in [2.75, 3.05) is 32.7 Å². The first kappa shape index (κ1) is 22.9. The number of hydrogen-bond acceptors (Lipinski definition) is 4. The Labute approximate surface area is 164 Å². The molecule has 150 valence electrons. The van der Waals surface area contributed by atoms with Gasteiger partial charge in [-0.15, -0.1) is 11.3 Å². The summed E-state index contributed by atoms with van der Waals surface area (Å²) in [7, 11) is 0. The van der Waals surface area contributed by atoms with Gasteiger partial charge in [-0.3, -0.25) is 4.99 Å². The number of thiazole rings is 1. The summed E-state index contributed by atoms with van der Waals surface area (Å²) >= 11 is 1.77. The minimum atomic E-state index is 0.446. The minimum absolute atomic E-state index is 0.446. The third-order valence-corrected chi connectivity index (χ3v) is 5.49. The van der Waals surface area contributed by atoms with Crippen LogP contribution in [0, 0.1) is 6.92 Å². The van der Waals surface area contributed by atoms with Gasteiger partial charge < -0.3 is 15.5 Å². The number of nitrogens with zero attached hydrogens (tertiary/aromatic N) is 3. The molecule has 0 aromatic carbocycles. The molecule has 0 spiro atoms. The third-order valence-electron chi connectivity index (χ3n) is 4.47. The quantitative estimate of drug-likeness (QED) is 0.310. The van der Waals surface area contributed by atoms with Gasteiger partial charge in [0.15, 0.2) is 5.96 Å². The van der Waals surface area contributed by atoms with E-state index in [1.807, 2.05) is 0 Å². The summed E-state index contributed by atoms with van der Waals surface area (Å²) in [6, 6.07) is 0.446. The second kappa shape index (κ2) is 14.0. The first-order chi connectivity index (χ1) is 12.6. The topological polar surface area (TPSA) is 52.6 Å². The number of rotatable bonds is 13. The predicted octanol–water partition coefficient (Wildman–Crippen LogP) is 3.84. The van der Waals surface area contributed by atoms with Gasteiger partial charge in [0.25, 0.3) is 0 Å². The number of aromatic nitrogens is 1. The van der Waals surface area contributed by atoms with Crippen molar-refractivity contribution >= 4 is 17.3 Å². The van der Waals surface area contributed by atoms with Crippen molar-refractivity contribution in [3.8, 4) is 0 Å². The van der Waals surface area contributed by atoms with Crippen LogP contribution < -0.4 is 10.6 Å². The first-order valence-corrected chi connectivity index (χ1v) is 11.1. The average Bonchev–Trinajstić information content (AvgIpc) is 3.03. The standard InChI is InChI=1S/C20H39N5S/c1-6-21-20(24-17(4)12-11-15-25(7-2)8-3)22-14-10-9-13-19-23-18(5)16-26-19/h16-17H,6-15H2,1-5H3,(H2,21,22,24). The molecule has 1 heterocycles. The van der Waals surface area contributed by atoms with Crippen molar-refractivity contribution in [3.05, 3.63) is 16.1 Å².